The summed E-state index contributed by atoms with van der Waals surface area (Å²) in [6.07, 6.45) is 1.27. The number of morpholine rings is 1. The maximum atomic E-state index is 12.5. The highest BCUT2D eigenvalue weighted by molar-refractivity contribution is 5.96. The molecule has 2 aliphatic rings. The minimum Gasteiger partial charge on any atom is -0.492 e. The fourth-order valence-corrected chi connectivity index (χ4v) is 3.24. The molecule has 2 heterocycles. The van der Waals surface area contributed by atoms with Crippen molar-refractivity contribution < 1.29 is 23.7 Å². The number of anilines is 2. The Balaban J connectivity index is 1.88. The van der Waals surface area contributed by atoms with Crippen molar-refractivity contribution in [3.63, 3.8) is 0 Å². The number of nitrogens with zero attached hydrogens (tertiary/aromatic N) is 1. The molecule has 0 radical (unpaired) electrons. The van der Waals surface area contributed by atoms with Crippen molar-refractivity contribution in [2.75, 3.05) is 56.3 Å². The van der Waals surface area contributed by atoms with Crippen molar-refractivity contribution in [3.05, 3.63) is 12.1 Å². The van der Waals surface area contributed by atoms with Crippen LogP contribution in [0.5, 0.6) is 11.5 Å². The number of rotatable bonds is 7. The Morgan fingerprint density at radius 1 is 1.15 bits per heavy atom. The molecule has 144 valence electrons. The maximum Gasteiger partial charge on any atom is 0.253 e. The lowest BCUT2D eigenvalue weighted by Gasteiger charge is -2.31. The van der Waals surface area contributed by atoms with E-state index in [1.54, 1.807) is 0 Å². The molecule has 7 nitrogen and oxygen atoms in total. The molecule has 1 amide bonds. The van der Waals surface area contributed by atoms with Gasteiger partial charge in [0.1, 0.15) is 17.6 Å². The van der Waals surface area contributed by atoms with Crippen LogP contribution in [0, 0.1) is 0 Å². The Hall–Kier alpha value is -1.99. The SMILES string of the molecule is CCOc1cc(N2CCOCC2)c(OCC)cc1NC(=O)C1CCCO1. The van der Waals surface area contributed by atoms with E-state index < -0.39 is 0 Å². The predicted molar refractivity (Wildman–Crippen MR) is 99.4 cm³/mol. The van der Waals surface area contributed by atoms with E-state index in [0.29, 0.717) is 44.5 Å². The van der Waals surface area contributed by atoms with E-state index in [9.17, 15) is 4.79 Å². The number of amides is 1. The molecule has 2 saturated heterocycles. The average Bonchev–Trinajstić information content (AvgIpc) is 3.19. The number of benzene rings is 1. The van der Waals surface area contributed by atoms with Crippen LogP contribution in [0.25, 0.3) is 0 Å². The zero-order valence-electron chi connectivity index (χ0n) is 15.6. The normalized spacial score (nSPS) is 20.1. The molecule has 2 fully saturated rings. The number of ether oxygens (including phenoxy) is 4. The Morgan fingerprint density at radius 3 is 2.54 bits per heavy atom. The van der Waals surface area contributed by atoms with Crippen LogP contribution in [0.15, 0.2) is 12.1 Å². The van der Waals surface area contributed by atoms with Crippen LogP contribution >= 0.6 is 0 Å². The summed E-state index contributed by atoms with van der Waals surface area (Å²) in [5, 5.41) is 2.95. The molecule has 26 heavy (non-hydrogen) atoms. The van der Waals surface area contributed by atoms with Gasteiger partial charge in [-0.05, 0) is 26.7 Å². The number of carbonyl (C=O) groups is 1. The fourth-order valence-electron chi connectivity index (χ4n) is 3.24. The first-order valence-electron chi connectivity index (χ1n) is 9.41. The third kappa shape index (κ3) is 4.40. The fraction of sp³-hybridized carbons (Fsp3) is 0.632. The average molecular weight is 364 g/mol. The summed E-state index contributed by atoms with van der Waals surface area (Å²) < 4.78 is 22.6. The monoisotopic (exact) mass is 364 g/mol. The van der Waals surface area contributed by atoms with Gasteiger partial charge in [-0.1, -0.05) is 0 Å². The van der Waals surface area contributed by atoms with Gasteiger partial charge in [-0.3, -0.25) is 4.79 Å². The predicted octanol–water partition coefficient (Wildman–Crippen LogP) is 2.44. The van der Waals surface area contributed by atoms with Crippen molar-refractivity contribution >= 4 is 17.3 Å². The molecule has 1 N–H and O–H groups in total. The number of hydrogen-bond donors (Lipinski definition) is 1. The molecular weight excluding hydrogens is 336 g/mol. The zero-order chi connectivity index (χ0) is 18.4. The highest BCUT2D eigenvalue weighted by atomic mass is 16.5. The lowest BCUT2D eigenvalue weighted by atomic mass is 10.2. The van der Waals surface area contributed by atoms with Crippen LogP contribution in [-0.4, -0.2) is 58.1 Å². The summed E-state index contributed by atoms with van der Waals surface area (Å²) in [5.41, 5.74) is 1.58. The standard InChI is InChI=1S/C19H28N2O5/c1-3-24-17-13-15(21-7-10-23-11-8-21)18(25-4-2)12-14(17)20-19(22)16-6-5-9-26-16/h12-13,16H,3-11H2,1-2H3,(H,20,22). The van der Waals surface area contributed by atoms with Gasteiger partial charge < -0.3 is 29.2 Å². The van der Waals surface area contributed by atoms with E-state index in [0.717, 1.165) is 37.4 Å². The van der Waals surface area contributed by atoms with Gasteiger partial charge in [0.15, 0.2) is 0 Å². The smallest absolute Gasteiger partial charge is 0.253 e. The van der Waals surface area contributed by atoms with Crippen molar-refractivity contribution in [3.8, 4) is 11.5 Å². The number of hydrogen-bond acceptors (Lipinski definition) is 6. The van der Waals surface area contributed by atoms with Gasteiger partial charge in [-0.25, -0.2) is 0 Å². The summed E-state index contributed by atoms with van der Waals surface area (Å²) in [7, 11) is 0. The summed E-state index contributed by atoms with van der Waals surface area (Å²) in [5.74, 6) is 1.24. The first-order chi connectivity index (χ1) is 12.7. The van der Waals surface area contributed by atoms with Crippen LogP contribution < -0.4 is 19.7 Å². The number of nitrogens with one attached hydrogen (secondary N) is 1. The van der Waals surface area contributed by atoms with Gasteiger partial charge in [-0.2, -0.15) is 0 Å². The van der Waals surface area contributed by atoms with E-state index >= 15 is 0 Å². The molecule has 3 rings (SSSR count). The maximum absolute atomic E-state index is 12.5. The first-order valence-corrected chi connectivity index (χ1v) is 9.41. The molecule has 0 bridgehead atoms. The lowest BCUT2D eigenvalue weighted by molar-refractivity contribution is -0.124. The molecule has 1 unspecified atom stereocenters. The summed E-state index contributed by atoms with van der Waals surface area (Å²) in [4.78, 5) is 14.7. The second-order valence-corrected chi connectivity index (χ2v) is 6.27. The highest BCUT2D eigenvalue weighted by Gasteiger charge is 2.26. The zero-order valence-corrected chi connectivity index (χ0v) is 15.6. The van der Waals surface area contributed by atoms with Crippen molar-refractivity contribution in [2.24, 2.45) is 0 Å². The molecule has 0 spiro atoms. The van der Waals surface area contributed by atoms with Gasteiger partial charge in [0, 0.05) is 31.8 Å². The van der Waals surface area contributed by atoms with Crippen molar-refractivity contribution in [2.45, 2.75) is 32.8 Å². The number of carbonyl (C=O) groups excluding carboxylic acids is 1. The van der Waals surface area contributed by atoms with Crippen molar-refractivity contribution in [1.29, 1.82) is 0 Å². The van der Waals surface area contributed by atoms with Crippen LogP contribution in [0.1, 0.15) is 26.7 Å². The molecular formula is C19H28N2O5. The Bertz CT molecular complexity index is 610. The van der Waals surface area contributed by atoms with E-state index in [1.807, 2.05) is 26.0 Å². The molecule has 0 aromatic heterocycles. The summed E-state index contributed by atoms with van der Waals surface area (Å²) in [6.45, 7) is 8.54. The lowest BCUT2D eigenvalue weighted by Crippen LogP contribution is -2.36. The van der Waals surface area contributed by atoms with E-state index in [4.69, 9.17) is 18.9 Å². The molecule has 0 aliphatic carbocycles. The Morgan fingerprint density at radius 2 is 1.88 bits per heavy atom. The van der Waals surface area contributed by atoms with Gasteiger partial charge >= 0.3 is 0 Å². The van der Waals surface area contributed by atoms with E-state index in [-0.39, 0.29) is 12.0 Å². The molecule has 1 aromatic rings. The van der Waals surface area contributed by atoms with Crippen LogP contribution in [0.4, 0.5) is 11.4 Å². The second kappa shape index (κ2) is 9.09. The molecule has 1 aromatic carbocycles. The topological polar surface area (TPSA) is 69.3 Å². The minimum absolute atomic E-state index is 0.134. The van der Waals surface area contributed by atoms with Gasteiger partial charge in [0.2, 0.25) is 0 Å². The molecule has 0 saturated carbocycles. The largest absolute Gasteiger partial charge is 0.492 e. The van der Waals surface area contributed by atoms with E-state index in [1.165, 1.54) is 0 Å². The summed E-state index contributed by atoms with van der Waals surface area (Å²) >= 11 is 0. The van der Waals surface area contributed by atoms with Gasteiger partial charge in [0.05, 0.1) is 37.8 Å². The molecule has 1 atom stereocenters. The van der Waals surface area contributed by atoms with Crippen molar-refractivity contribution in [1.82, 2.24) is 0 Å². The second-order valence-electron chi connectivity index (χ2n) is 6.27. The van der Waals surface area contributed by atoms with Crippen LogP contribution in [-0.2, 0) is 14.3 Å². The van der Waals surface area contributed by atoms with Gasteiger partial charge in [0.25, 0.3) is 5.91 Å². The summed E-state index contributed by atoms with van der Waals surface area (Å²) in [6, 6.07) is 3.80. The Kier molecular flexibility index (Phi) is 6.57. The molecule has 7 heteroatoms. The Labute approximate surface area is 154 Å². The highest BCUT2D eigenvalue weighted by Crippen LogP contribution is 2.39. The third-order valence-corrected chi connectivity index (χ3v) is 4.49. The third-order valence-electron chi connectivity index (χ3n) is 4.49. The van der Waals surface area contributed by atoms with E-state index in [2.05, 4.69) is 10.2 Å². The van der Waals surface area contributed by atoms with Crippen LogP contribution in [0.3, 0.4) is 0 Å². The van der Waals surface area contributed by atoms with Crippen LogP contribution in [0.2, 0.25) is 0 Å². The van der Waals surface area contributed by atoms with Gasteiger partial charge in [-0.15, -0.1) is 0 Å². The molecule has 2 aliphatic heterocycles. The minimum atomic E-state index is -0.390. The first kappa shape index (κ1) is 18.8. The quantitative estimate of drug-likeness (QED) is 0.801.